The number of likely N-dealkylation sites (N-methyl/N-ethyl adjacent to an activating group) is 1. The fraction of sp³-hybridized carbons (Fsp3) is 0.667. The van der Waals surface area contributed by atoms with E-state index >= 15 is 0 Å². The van der Waals surface area contributed by atoms with Gasteiger partial charge < -0.3 is 5.32 Å². The Morgan fingerprint density at radius 3 is 2.80 bits per heavy atom. The van der Waals surface area contributed by atoms with Gasteiger partial charge in [-0.25, -0.2) is 0 Å². The second kappa shape index (κ2) is 4.56. The van der Waals surface area contributed by atoms with Crippen molar-refractivity contribution in [3.05, 3.63) is 20.8 Å². The van der Waals surface area contributed by atoms with Crippen LogP contribution < -0.4 is 5.32 Å². The van der Waals surface area contributed by atoms with Crippen LogP contribution in [-0.2, 0) is 6.42 Å². The largest absolute Gasteiger partial charge is 0.313 e. The van der Waals surface area contributed by atoms with Gasteiger partial charge in [0.2, 0.25) is 0 Å². The predicted octanol–water partition coefficient (Wildman–Crippen LogP) is 3.83. The molecule has 84 valence electrons. The van der Waals surface area contributed by atoms with Crippen LogP contribution in [-0.4, -0.2) is 12.6 Å². The molecule has 1 heterocycles. The van der Waals surface area contributed by atoms with E-state index in [1.54, 1.807) is 0 Å². The van der Waals surface area contributed by atoms with E-state index in [1.807, 2.05) is 11.3 Å². The van der Waals surface area contributed by atoms with Gasteiger partial charge in [-0.3, -0.25) is 0 Å². The Bertz CT molecular complexity index is 330. The summed E-state index contributed by atoms with van der Waals surface area (Å²) in [6.45, 7) is 5.68. The Labute approximate surface area is 104 Å². The van der Waals surface area contributed by atoms with Gasteiger partial charge in [0.25, 0.3) is 0 Å². The molecular formula is C12H18BrNS. The summed E-state index contributed by atoms with van der Waals surface area (Å²) in [6.07, 6.45) is 3.95. The lowest BCUT2D eigenvalue weighted by atomic mass is 9.95. The lowest BCUT2D eigenvalue weighted by Gasteiger charge is -2.23. The topological polar surface area (TPSA) is 12.0 Å². The highest BCUT2D eigenvalue weighted by atomic mass is 79.9. The summed E-state index contributed by atoms with van der Waals surface area (Å²) in [4.78, 5) is 1.49. The van der Waals surface area contributed by atoms with E-state index in [2.05, 4.69) is 46.5 Å². The average Bonchev–Trinajstić information content (AvgIpc) is 2.81. The van der Waals surface area contributed by atoms with Gasteiger partial charge >= 0.3 is 0 Å². The minimum absolute atomic E-state index is 0.562. The summed E-state index contributed by atoms with van der Waals surface area (Å²) < 4.78 is 1.22. The van der Waals surface area contributed by atoms with E-state index in [0.29, 0.717) is 11.5 Å². The molecule has 1 aliphatic carbocycles. The van der Waals surface area contributed by atoms with Crippen molar-refractivity contribution in [2.75, 3.05) is 6.54 Å². The first kappa shape index (κ1) is 11.6. The standard InChI is InChI=1S/C12H18BrNS/c1-3-14-11(12(2)4-5-12)7-10-6-9(13)8-15-10/h6,8,11,14H,3-5,7H2,1-2H3. The number of rotatable bonds is 5. The van der Waals surface area contributed by atoms with E-state index < -0.39 is 0 Å². The van der Waals surface area contributed by atoms with Crippen LogP contribution in [0.1, 0.15) is 31.6 Å². The first-order valence-corrected chi connectivity index (χ1v) is 7.27. The zero-order valence-corrected chi connectivity index (χ0v) is 11.7. The van der Waals surface area contributed by atoms with Gasteiger partial charge in [-0.05, 0) is 53.2 Å². The third-order valence-electron chi connectivity index (χ3n) is 3.36. The summed E-state index contributed by atoms with van der Waals surface area (Å²) in [6, 6.07) is 2.91. The van der Waals surface area contributed by atoms with E-state index in [1.165, 1.54) is 28.6 Å². The molecule has 1 aromatic heterocycles. The van der Waals surface area contributed by atoms with Crippen LogP contribution in [0.5, 0.6) is 0 Å². The number of hydrogen-bond donors (Lipinski definition) is 1. The normalized spacial score (nSPS) is 20.2. The molecule has 0 aromatic carbocycles. The summed E-state index contributed by atoms with van der Waals surface area (Å²) >= 11 is 5.38. The van der Waals surface area contributed by atoms with Crippen LogP contribution in [0, 0.1) is 5.41 Å². The molecule has 1 saturated carbocycles. The van der Waals surface area contributed by atoms with Crippen molar-refractivity contribution in [3.63, 3.8) is 0 Å². The van der Waals surface area contributed by atoms with Crippen LogP contribution >= 0.6 is 27.3 Å². The van der Waals surface area contributed by atoms with Gasteiger partial charge in [0.15, 0.2) is 0 Å². The van der Waals surface area contributed by atoms with Gasteiger partial charge in [0, 0.05) is 20.8 Å². The van der Waals surface area contributed by atoms with Crippen molar-refractivity contribution in [1.29, 1.82) is 0 Å². The van der Waals surface area contributed by atoms with Gasteiger partial charge in [0.1, 0.15) is 0 Å². The van der Waals surface area contributed by atoms with Crippen LogP contribution in [0.15, 0.2) is 15.9 Å². The number of thiophene rings is 1. The molecule has 0 saturated heterocycles. The fourth-order valence-corrected chi connectivity index (χ4v) is 3.52. The van der Waals surface area contributed by atoms with Crippen molar-refractivity contribution < 1.29 is 0 Å². The average molecular weight is 288 g/mol. The van der Waals surface area contributed by atoms with Crippen LogP contribution in [0.25, 0.3) is 0 Å². The summed E-state index contributed by atoms with van der Waals surface area (Å²) in [5.41, 5.74) is 0.562. The second-order valence-electron chi connectivity index (χ2n) is 4.70. The third-order valence-corrected chi connectivity index (χ3v) is 5.08. The lowest BCUT2D eigenvalue weighted by Crippen LogP contribution is -2.37. The molecule has 2 rings (SSSR count). The molecule has 0 spiro atoms. The van der Waals surface area contributed by atoms with E-state index in [-0.39, 0.29) is 0 Å². The maximum Gasteiger partial charge on any atom is 0.0285 e. The Morgan fingerprint density at radius 2 is 2.33 bits per heavy atom. The van der Waals surface area contributed by atoms with Crippen molar-refractivity contribution in [3.8, 4) is 0 Å². The van der Waals surface area contributed by atoms with Gasteiger partial charge in [-0.1, -0.05) is 13.8 Å². The summed E-state index contributed by atoms with van der Waals surface area (Å²) in [5.74, 6) is 0. The second-order valence-corrected chi connectivity index (χ2v) is 6.61. The highest BCUT2D eigenvalue weighted by molar-refractivity contribution is 9.10. The minimum atomic E-state index is 0.562. The summed E-state index contributed by atoms with van der Waals surface area (Å²) in [7, 11) is 0. The molecule has 1 aliphatic rings. The maximum atomic E-state index is 3.63. The summed E-state index contributed by atoms with van der Waals surface area (Å²) in [5, 5.41) is 5.81. The van der Waals surface area contributed by atoms with E-state index in [9.17, 15) is 0 Å². The van der Waals surface area contributed by atoms with Crippen LogP contribution in [0.2, 0.25) is 0 Å². The molecule has 1 N–H and O–H groups in total. The Balaban J connectivity index is 2.00. The SMILES string of the molecule is CCNC(Cc1cc(Br)cs1)C1(C)CC1. The number of hydrogen-bond acceptors (Lipinski definition) is 2. The molecule has 15 heavy (non-hydrogen) atoms. The zero-order chi connectivity index (χ0) is 10.9. The Hall–Kier alpha value is 0.140. The number of nitrogens with one attached hydrogen (secondary N) is 1. The quantitative estimate of drug-likeness (QED) is 0.868. The highest BCUT2D eigenvalue weighted by Gasteiger charge is 2.44. The van der Waals surface area contributed by atoms with Crippen LogP contribution in [0.4, 0.5) is 0 Å². The molecule has 0 aliphatic heterocycles. The fourth-order valence-electron chi connectivity index (χ4n) is 2.02. The molecule has 3 heteroatoms. The molecule has 1 unspecified atom stereocenters. The smallest absolute Gasteiger partial charge is 0.0285 e. The molecule has 1 atom stereocenters. The molecule has 1 nitrogen and oxygen atoms in total. The predicted molar refractivity (Wildman–Crippen MR) is 70.5 cm³/mol. The Kier molecular flexibility index (Phi) is 3.53. The first-order valence-electron chi connectivity index (χ1n) is 5.60. The van der Waals surface area contributed by atoms with E-state index in [4.69, 9.17) is 0 Å². The van der Waals surface area contributed by atoms with Crippen LogP contribution in [0.3, 0.4) is 0 Å². The maximum absolute atomic E-state index is 3.63. The minimum Gasteiger partial charge on any atom is -0.313 e. The van der Waals surface area contributed by atoms with Crippen molar-refractivity contribution in [2.45, 2.75) is 39.2 Å². The number of halogens is 1. The van der Waals surface area contributed by atoms with Gasteiger partial charge in [-0.2, -0.15) is 0 Å². The Morgan fingerprint density at radius 1 is 1.60 bits per heavy atom. The van der Waals surface area contributed by atoms with E-state index in [0.717, 1.165) is 6.54 Å². The molecule has 0 bridgehead atoms. The molecule has 0 radical (unpaired) electrons. The molecule has 1 aromatic rings. The lowest BCUT2D eigenvalue weighted by molar-refractivity contribution is 0.362. The van der Waals surface area contributed by atoms with Crippen molar-refractivity contribution in [1.82, 2.24) is 5.32 Å². The zero-order valence-electron chi connectivity index (χ0n) is 9.35. The van der Waals surface area contributed by atoms with Crippen molar-refractivity contribution >= 4 is 27.3 Å². The molecule has 1 fully saturated rings. The molecular weight excluding hydrogens is 270 g/mol. The third kappa shape index (κ3) is 2.83. The first-order chi connectivity index (χ1) is 7.14. The molecule has 0 amide bonds. The van der Waals surface area contributed by atoms with Gasteiger partial charge in [-0.15, -0.1) is 11.3 Å². The monoisotopic (exact) mass is 287 g/mol. The highest BCUT2D eigenvalue weighted by Crippen LogP contribution is 2.49. The van der Waals surface area contributed by atoms with Gasteiger partial charge in [0.05, 0.1) is 0 Å². The van der Waals surface area contributed by atoms with Crippen molar-refractivity contribution in [2.24, 2.45) is 5.41 Å².